The molecule has 5 nitrogen and oxygen atoms in total. The molecule has 0 aliphatic rings. The third-order valence-corrected chi connectivity index (χ3v) is 2.86. The average Bonchev–Trinajstić information content (AvgIpc) is 2.42. The molecule has 1 rings (SSSR count). The summed E-state index contributed by atoms with van der Waals surface area (Å²) in [6.45, 7) is 0. The van der Waals surface area contributed by atoms with Gasteiger partial charge in [-0.15, -0.1) is 0 Å². The monoisotopic (exact) mass is 270 g/mol. The first-order valence-corrected chi connectivity index (χ1v) is 5.53. The molecule has 1 N–H and O–H groups in total. The van der Waals surface area contributed by atoms with E-state index in [4.69, 9.17) is 32.6 Å². The highest BCUT2D eigenvalue weighted by molar-refractivity contribution is 6.30. The van der Waals surface area contributed by atoms with Crippen LogP contribution in [0.5, 0.6) is 5.75 Å². The smallest absolute Gasteiger partial charge is 0.142 e. The summed E-state index contributed by atoms with van der Waals surface area (Å²) in [4.78, 5) is 0. The van der Waals surface area contributed by atoms with Crippen molar-refractivity contribution in [3.05, 3.63) is 28.8 Å². The largest absolute Gasteiger partial charge is 0.508 e. The summed E-state index contributed by atoms with van der Waals surface area (Å²) in [5.74, 6) is -3.70. The van der Waals surface area contributed by atoms with Gasteiger partial charge in [-0.1, -0.05) is 11.6 Å². The van der Waals surface area contributed by atoms with Crippen LogP contribution < -0.4 is 0 Å². The van der Waals surface area contributed by atoms with Crippen LogP contribution in [0.4, 0.5) is 0 Å². The highest BCUT2D eigenvalue weighted by Gasteiger charge is 2.33. The maximum absolute atomic E-state index is 9.79. The zero-order valence-electron chi connectivity index (χ0n) is 9.58. The van der Waals surface area contributed by atoms with E-state index < -0.39 is 17.8 Å². The number of benzene rings is 1. The minimum absolute atomic E-state index is 0.147. The van der Waals surface area contributed by atoms with Gasteiger partial charge in [0.25, 0.3) is 0 Å². The summed E-state index contributed by atoms with van der Waals surface area (Å²) >= 11 is 5.80. The van der Waals surface area contributed by atoms with Crippen LogP contribution in [-0.2, 0) is 0 Å². The fourth-order valence-electron chi connectivity index (χ4n) is 1.72. The molecular weight excluding hydrogens is 264 g/mol. The zero-order chi connectivity index (χ0) is 14.4. The van der Waals surface area contributed by atoms with E-state index in [0.29, 0.717) is 0 Å². The van der Waals surface area contributed by atoms with Crippen molar-refractivity contribution in [2.75, 3.05) is 0 Å². The number of halogens is 1. The summed E-state index contributed by atoms with van der Waals surface area (Å²) in [6.07, 6.45) is 0. The molecule has 1 aromatic rings. The van der Waals surface area contributed by atoms with Crippen molar-refractivity contribution in [2.24, 2.45) is 11.8 Å². The van der Waals surface area contributed by atoms with Gasteiger partial charge in [0.1, 0.15) is 17.6 Å². The van der Waals surface area contributed by atoms with Crippen LogP contribution >= 0.6 is 11.6 Å². The molecule has 0 aliphatic heterocycles. The molecule has 0 spiro atoms. The normalized spacial score (nSPS) is 9.68. The Morgan fingerprint density at radius 3 is 1.84 bits per heavy atom. The van der Waals surface area contributed by atoms with Gasteiger partial charge < -0.3 is 5.11 Å². The molecule has 6 heteroatoms. The predicted octanol–water partition coefficient (Wildman–Crippen LogP) is 2.46. The number of hydrogen-bond donors (Lipinski definition) is 1. The molecular formula is C13H7ClN4O. The number of phenols is 1. The van der Waals surface area contributed by atoms with E-state index in [9.17, 15) is 5.11 Å². The maximum atomic E-state index is 9.79. The van der Waals surface area contributed by atoms with E-state index in [0.717, 1.165) is 0 Å². The second kappa shape index (κ2) is 6.27. The summed E-state index contributed by atoms with van der Waals surface area (Å²) in [7, 11) is 0. The van der Waals surface area contributed by atoms with Crippen molar-refractivity contribution in [1.29, 1.82) is 21.0 Å². The van der Waals surface area contributed by atoms with Gasteiger partial charge in [0.2, 0.25) is 0 Å². The second-order valence-electron chi connectivity index (χ2n) is 3.70. The van der Waals surface area contributed by atoms with Crippen molar-refractivity contribution >= 4 is 11.6 Å². The third kappa shape index (κ3) is 2.93. The predicted molar refractivity (Wildman–Crippen MR) is 65.3 cm³/mol. The first-order valence-electron chi connectivity index (χ1n) is 5.16. The topological polar surface area (TPSA) is 115 Å². The van der Waals surface area contributed by atoms with Crippen LogP contribution in [0, 0.1) is 57.2 Å². The van der Waals surface area contributed by atoms with Gasteiger partial charge in [-0.2, -0.15) is 21.0 Å². The van der Waals surface area contributed by atoms with Gasteiger partial charge >= 0.3 is 0 Å². The molecule has 0 amide bonds. The fraction of sp³-hybridized carbons (Fsp3) is 0.231. The molecule has 0 bridgehead atoms. The second-order valence-corrected chi connectivity index (χ2v) is 4.14. The Hall–Kier alpha value is -2.73. The van der Waals surface area contributed by atoms with Crippen LogP contribution in [0.2, 0.25) is 5.02 Å². The quantitative estimate of drug-likeness (QED) is 0.905. The first kappa shape index (κ1) is 14.3. The van der Waals surface area contributed by atoms with Crippen molar-refractivity contribution in [3.8, 4) is 30.0 Å². The molecule has 0 saturated heterocycles. The maximum Gasteiger partial charge on any atom is 0.142 e. The lowest BCUT2D eigenvalue weighted by Crippen LogP contribution is -2.18. The van der Waals surface area contributed by atoms with E-state index >= 15 is 0 Å². The molecule has 0 unspecified atom stereocenters. The third-order valence-electron chi connectivity index (χ3n) is 2.62. The lowest BCUT2D eigenvalue weighted by Gasteiger charge is -2.19. The minimum atomic E-state index is -1.23. The van der Waals surface area contributed by atoms with E-state index in [2.05, 4.69) is 0 Å². The van der Waals surface area contributed by atoms with Crippen LogP contribution in [0.1, 0.15) is 11.5 Å². The molecule has 0 aliphatic carbocycles. The molecule has 0 atom stereocenters. The molecule has 0 aromatic heterocycles. The number of hydrogen-bond acceptors (Lipinski definition) is 5. The molecule has 92 valence electrons. The molecule has 0 fully saturated rings. The summed E-state index contributed by atoms with van der Waals surface area (Å²) in [5.41, 5.74) is 0.147. The Balaban J connectivity index is 3.46. The summed E-state index contributed by atoms with van der Waals surface area (Å²) in [5, 5.41) is 45.9. The Bertz CT molecular complexity index is 585. The Kier molecular flexibility index (Phi) is 4.73. The molecule has 1 aromatic carbocycles. The standard InChI is InChI=1S/C13H7ClN4O/c14-10-1-2-12(19)11(3-10)13(8(4-15)5-16)9(6-17)7-18/h1-3,8-9,13,19H. The lowest BCUT2D eigenvalue weighted by atomic mass is 9.78. The molecule has 0 saturated carbocycles. The molecule has 0 radical (unpaired) electrons. The Labute approximate surface area is 115 Å². The SMILES string of the molecule is N#CC(C#N)C(c1cc(Cl)ccc1O)C(C#N)C#N. The Morgan fingerprint density at radius 2 is 1.42 bits per heavy atom. The van der Waals surface area contributed by atoms with Gasteiger partial charge in [-0.3, -0.25) is 0 Å². The van der Waals surface area contributed by atoms with Crippen molar-refractivity contribution in [2.45, 2.75) is 5.92 Å². The van der Waals surface area contributed by atoms with Crippen LogP contribution in [0.15, 0.2) is 18.2 Å². The Morgan fingerprint density at radius 1 is 0.947 bits per heavy atom. The summed E-state index contributed by atoms with van der Waals surface area (Å²) < 4.78 is 0. The molecule has 0 heterocycles. The van der Waals surface area contributed by atoms with E-state index in [1.165, 1.54) is 18.2 Å². The van der Waals surface area contributed by atoms with E-state index in [1.54, 1.807) is 24.3 Å². The van der Waals surface area contributed by atoms with Crippen LogP contribution in [0.3, 0.4) is 0 Å². The zero-order valence-corrected chi connectivity index (χ0v) is 10.3. The lowest BCUT2D eigenvalue weighted by molar-refractivity contribution is 0.446. The van der Waals surface area contributed by atoms with Gasteiger partial charge in [0.15, 0.2) is 0 Å². The number of nitriles is 4. The van der Waals surface area contributed by atoms with Crippen molar-refractivity contribution in [3.63, 3.8) is 0 Å². The van der Waals surface area contributed by atoms with Gasteiger partial charge in [-0.25, -0.2) is 0 Å². The number of nitrogens with zero attached hydrogens (tertiary/aromatic N) is 4. The first-order chi connectivity index (χ1) is 9.08. The van der Waals surface area contributed by atoms with Crippen molar-refractivity contribution < 1.29 is 5.11 Å². The van der Waals surface area contributed by atoms with Gasteiger partial charge in [-0.05, 0) is 18.2 Å². The highest BCUT2D eigenvalue weighted by Crippen LogP contribution is 2.38. The highest BCUT2D eigenvalue weighted by atomic mass is 35.5. The van der Waals surface area contributed by atoms with Crippen molar-refractivity contribution in [1.82, 2.24) is 0 Å². The van der Waals surface area contributed by atoms with Crippen LogP contribution in [-0.4, -0.2) is 5.11 Å². The molecule has 19 heavy (non-hydrogen) atoms. The average molecular weight is 271 g/mol. The number of rotatable bonds is 3. The van der Waals surface area contributed by atoms with E-state index in [-0.39, 0.29) is 16.3 Å². The number of phenolic OH excluding ortho intramolecular Hbond substituents is 1. The van der Waals surface area contributed by atoms with Crippen LogP contribution in [0.25, 0.3) is 0 Å². The van der Waals surface area contributed by atoms with E-state index in [1.807, 2.05) is 0 Å². The summed E-state index contributed by atoms with van der Waals surface area (Å²) in [6, 6.07) is 11.0. The van der Waals surface area contributed by atoms with Gasteiger partial charge in [0.05, 0.1) is 24.3 Å². The number of aromatic hydroxyl groups is 1. The fourth-order valence-corrected chi connectivity index (χ4v) is 1.90. The van der Waals surface area contributed by atoms with Gasteiger partial charge in [0, 0.05) is 16.5 Å². The minimum Gasteiger partial charge on any atom is -0.508 e.